The molecule has 2 atom stereocenters. The summed E-state index contributed by atoms with van der Waals surface area (Å²) in [7, 11) is 1.28. The highest BCUT2D eigenvalue weighted by Gasteiger charge is 2.48. The maximum absolute atomic E-state index is 13.6. The van der Waals surface area contributed by atoms with Crippen molar-refractivity contribution in [1.82, 2.24) is 0 Å². The van der Waals surface area contributed by atoms with E-state index in [-0.39, 0.29) is 24.2 Å². The number of alkyl halides is 3. The second-order valence-corrected chi connectivity index (χ2v) is 5.25. The lowest BCUT2D eigenvalue weighted by atomic mass is 9.75. The van der Waals surface area contributed by atoms with Crippen molar-refractivity contribution in [2.75, 3.05) is 7.11 Å². The number of Topliss-reactive ketones (excluding diaryl/α,β-unsaturated/α-hetero) is 1. The highest BCUT2D eigenvalue weighted by atomic mass is 19.4. The van der Waals surface area contributed by atoms with Gasteiger partial charge in [-0.15, -0.1) is 0 Å². The first-order valence-corrected chi connectivity index (χ1v) is 6.79. The fraction of sp³-hybridized carbons (Fsp3) is 0.533. The van der Waals surface area contributed by atoms with Crippen LogP contribution in [0, 0.1) is 17.7 Å². The third kappa shape index (κ3) is 3.36. The zero-order valence-corrected chi connectivity index (χ0v) is 11.5. The van der Waals surface area contributed by atoms with E-state index in [1.54, 1.807) is 0 Å². The Bertz CT molecular complexity index is 525. The molecule has 0 aliphatic heterocycles. The largest absolute Gasteiger partial charge is 0.494 e. The average Bonchev–Trinajstić information content (AvgIpc) is 2.45. The van der Waals surface area contributed by atoms with Gasteiger partial charge < -0.3 is 4.74 Å². The fourth-order valence-electron chi connectivity index (χ4n) is 2.87. The molecule has 1 aromatic carbocycles. The Morgan fingerprint density at radius 3 is 2.48 bits per heavy atom. The molecule has 0 saturated heterocycles. The molecule has 1 aromatic rings. The molecule has 21 heavy (non-hydrogen) atoms. The summed E-state index contributed by atoms with van der Waals surface area (Å²) in [4.78, 5) is 12.3. The van der Waals surface area contributed by atoms with Crippen LogP contribution >= 0.6 is 0 Å². The molecular weight excluding hydrogens is 288 g/mol. The van der Waals surface area contributed by atoms with E-state index in [2.05, 4.69) is 0 Å². The lowest BCUT2D eigenvalue weighted by Crippen LogP contribution is -2.37. The molecule has 1 fully saturated rings. The molecule has 1 saturated carbocycles. The third-order valence-corrected chi connectivity index (χ3v) is 3.96. The van der Waals surface area contributed by atoms with Crippen molar-refractivity contribution < 1.29 is 27.1 Å². The topological polar surface area (TPSA) is 26.3 Å². The van der Waals surface area contributed by atoms with Crippen molar-refractivity contribution in [1.29, 1.82) is 0 Å². The molecule has 1 aliphatic carbocycles. The maximum Gasteiger partial charge on any atom is 0.392 e. The van der Waals surface area contributed by atoms with E-state index in [0.717, 1.165) is 6.07 Å². The highest BCUT2D eigenvalue weighted by Crippen LogP contribution is 2.42. The molecular formula is C15H16F4O2. The summed E-state index contributed by atoms with van der Waals surface area (Å²) in [5.41, 5.74) is -0.0329. The summed E-state index contributed by atoms with van der Waals surface area (Å²) in [5.74, 6) is -4.18. The van der Waals surface area contributed by atoms with Crippen LogP contribution in [0.5, 0.6) is 5.75 Å². The smallest absolute Gasteiger partial charge is 0.392 e. The average molecular weight is 304 g/mol. The summed E-state index contributed by atoms with van der Waals surface area (Å²) in [6.07, 6.45) is -3.20. The molecule has 0 aromatic heterocycles. The summed E-state index contributed by atoms with van der Waals surface area (Å²) >= 11 is 0. The van der Waals surface area contributed by atoms with Crippen molar-refractivity contribution in [2.24, 2.45) is 11.8 Å². The van der Waals surface area contributed by atoms with E-state index in [4.69, 9.17) is 4.74 Å². The quantitative estimate of drug-likeness (QED) is 0.611. The number of ketones is 1. The van der Waals surface area contributed by atoms with Crippen LogP contribution < -0.4 is 4.74 Å². The van der Waals surface area contributed by atoms with Gasteiger partial charge >= 0.3 is 6.18 Å². The molecule has 2 nitrogen and oxygen atoms in total. The first-order valence-electron chi connectivity index (χ1n) is 6.79. The van der Waals surface area contributed by atoms with Crippen molar-refractivity contribution >= 4 is 5.78 Å². The van der Waals surface area contributed by atoms with Gasteiger partial charge in [-0.05, 0) is 31.0 Å². The monoisotopic (exact) mass is 304 g/mol. The molecule has 0 heterocycles. The van der Waals surface area contributed by atoms with E-state index in [9.17, 15) is 22.4 Å². The Morgan fingerprint density at radius 2 is 1.90 bits per heavy atom. The van der Waals surface area contributed by atoms with Gasteiger partial charge in [0.15, 0.2) is 17.3 Å². The number of rotatable bonds is 3. The van der Waals surface area contributed by atoms with Crippen LogP contribution in [0.2, 0.25) is 0 Å². The standard InChI is InChI=1S/C15H16F4O2/c1-21-13-7-6-9(8-12(13)16)14(20)10-4-2-3-5-11(10)15(17,18)19/h6-8,10-11H,2-5H2,1H3. The minimum atomic E-state index is -4.40. The van der Waals surface area contributed by atoms with Crippen molar-refractivity contribution in [3.63, 3.8) is 0 Å². The summed E-state index contributed by atoms with van der Waals surface area (Å²) < 4.78 is 57.4. The number of hydrogen-bond donors (Lipinski definition) is 0. The SMILES string of the molecule is COc1ccc(C(=O)C2CCCCC2C(F)(F)F)cc1F. The zero-order chi connectivity index (χ0) is 15.6. The first kappa shape index (κ1) is 15.8. The third-order valence-electron chi connectivity index (χ3n) is 3.96. The van der Waals surface area contributed by atoms with Crippen molar-refractivity contribution in [3.05, 3.63) is 29.6 Å². The van der Waals surface area contributed by atoms with Gasteiger partial charge in [-0.25, -0.2) is 4.39 Å². The Labute approximate surface area is 120 Å². The molecule has 6 heteroatoms. The number of methoxy groups -OCH3 is 1. The molecule has 0 spiro atoms. The van der Waals surface area contributed by atoms with E-state index in [1.165, 1.54) is 19.2 Å². The second-order valence-electron chi connectivity index (χ2n) is 5.25. The van der Waals surface area contributed by atoms with Crippen LogP contribution in [-0.2, 0) is 0 Å². The van der Waals surface area contributed by atoms with Crippen LogP contribution in [0.25, 0.3) is 0 Å². The number of carbonyl (C=O) groups excluding carboxylic acids is 1. The molecule has 1 aliphatic rings. The van der Waals surface area contributed by atoms with Crippen LogP contribution in [0.4, 0.5) is 17.6 Å². The Kier molecular flexibility index (Phi) is 4.54. The predicted octanol–water partition coefficient (Wildman–Crippen LogP) is 4.39. The minimum absolute atomic E-state index is 0.0329. The normalized spacial score (nSPS) is 22.9. The fourth-order valence-corrected chi connectivity index (χ4v) is 2.87. The number of carbonyl (C=O) groups is 1. The van der Waals surface area contributed by atoms with Crippen molar-refractivity contribution in [3.8, 4) is 5.75 Å². The molecule has 0 N–H and O–H groups in total. The number of halogens is 4. The van der Waals surface area contributed by atoms with Gasteiger partial charge in [0.2, 0.25) is 0 Å². The van der Waals surface area contributed by atoms with E-state index in [1.807, 2.05) is 0 Å². The molecule has 0 bridgehead atoms. The van der Waals surface area contributed by atoms with Gasteiger partial charge in [-0.2, -0.15) is 13.2 Å². The van der Waals surface area contributed by atoms with E-state index < -0.39 is 29.6 Å². The Balaban J connectivity index is 2.27. The van der Waals surface area contributed by atoms with Crippen LogP contribution in [0.15, 0.2) is 18.2 Å². The van der Waals surface area contributed by atoms with E-state index >= 15 is 0 Å². The lowest BCUT2D eigenvalue weighted by molar-refractivity contribution is -0.190. The minimum Gasteiger partial charge on any atom is -0.494 e. The number of hydrogen-bond acceptors (Lipinski definition) is 2. The lowest BCUT2D eigenvalue weighted by Gasteiger charge is -2.32. The van der Waals surface area contributed by atoms with Crippen molar-refractivity contribution in [2.45, 2.75) is 31.9 Å². The van der Waals surface area contributed by atoms with Crippen LogP contribution in [0.1, 0.15) is 36.0 Å². The van der Waals surface area contributed by atoms with Gasteiger partial charge in [-0.3, -0.25) is 4.79 Å². The maximum atomic E-state index is 13.6. The van der Waals surface area contributed by atoms with Crippen LogP contribution in [-0.4, -0.2) is 19.1 Å². The van der Waals surface area contributed by atoms with Crippen LogP contribution in [0.3, 0.4) is 0 Å². The Hall–Kier alpha value is -1.59. The number of benzene rings is 1. The second kappa shape index (κ2) is 6.03. The van der Waals surface area contributed by atoms with Gasteiger partial charge in [-0.1, -0.05) is 12.8 Å². The van der Waals surface area contributed by atoms with Gasteiger partial charge in [0.05, 0.1) is 13.0 Å². The molecule has 0 radical (unpaired) electrons. The van der Waals surface area contributed by atoms with E-state index in [0.29, 0.717) is 12.8 Å². The summed E-state index contributed by atoms with van der Waals surface area (Å²) in [6, 6.07) is 3.52. The van der Waals surface area contributed by atoms with Gasteiger partial charge in [0, 0.05) is 11.5 Å². The zero-order valence-electron chi connectivity index (χ0n) is 11.5. The molecule has 2 rings (SSSR count). The van der Waals surface area contributed by atoms with Gasteiger partial charge in [0.25, 0.3) is 0 Å². The summed E-state index contributed by atoms with van der Waals surface area (Å²) in [5, 5.41) is 0. The summed E-state index contributed by atoms with van der Waals surface area (Å²) in [6.45, 7) is 0. The molecule has 0 amide bonds. The predicted molar refractivity (Wildman–Crippen MR) is 68.8 cm³/mol. The first-order chi connectivity index (χ1) is 9.84. The van der Waals surface area contributed by atoms with Gasteiger partial charge in [0.1, 0.15) is 0 Å². The Morgan fingerprint density at radius 1 is 1.24 bits per heavy atom. The molecule has 2 unspecified atom stereocenters. The highest BCUT2D eigenvalue weighted by molar-refractivity contribution is 5.98. The molecule has 116 valence electrons. The number of ether oxygens (including phenoxy) is 1.